The Balaban J connectivity index is 2.91. The van der Waals surface area contributed by atoms with Crippen LogP contribution in [0.3, 0.4) is 0 Å². The second-order valence-corrected chi connectivity index (χ2v) is 1.39. The number of hydrogen-bond donors (Lipinski definition) is 2. The lowest BCUT2D eigenvalue weighted by Crippen LogP contribution is -1.92. The van der Waals surface area contributed by atoms with Crippen molar-refractivity contribution in [3.63, 3.8) is 0 Å². The molecule has 0 aliphatic heterocycles. The smallest absolute Gasteiger partial charge is 0.0668 e. The van der Waals surface area contributed by atoms with E-state index in [0.29, 0.717) is 13.2 Å². The molecule has 0 unspecified atom stereocenters. The van der Waals surface area contributed by atoms with Gasteiger partial charge in [0.05, 0.1) is 13.2 Å². The lowest BCUT2D eigenvalue weighted by atomic mass is 10.6. The largest absolute Gasteiger partial charge is 0.405 e. The lowest BCUT2D eigenvalue weighted by Gasteiger charge is -1.91. The molecule has 0 aromatic heterocycles. The molecular formula is C6H12N2O. The summed E-state index contributed by atoms with van der Waals surface area (Å²) in [7, 11) is 0. The van der Waals surface area contributed by atoms with E-state index in [9.17, 15) is 0 Å². The second kappa shape index (κ2) is 7.04. The SMILES string of the molecule is NC=CCOCC=CN. The maximum Gasteiger partial charge on any atom is 0.0668 e. The highest BCUT2D eigenvalue weighted by Gasteiger charge is 1.74. The van der Waals surface area contributed by atoms with Crippen molar-refractivity contribution in [3.8, 4) is 0 Å². The normalized spacial score (nSPS) is 11.6. The van der Waals surface area contributed by atoms with Crippen molar-refractivity contribution >= 4 is 0 Å². The van der Waals surface area contributed by atoms with E-state index in [0.717, 1.165) is 0 Å². The van der Waals surface area contributed by atoms with Crippen molar-refractivity contribution in [1.29, 1.82) is 0 Å². The molecule has 0 aromatic rings. The highest BCUT2D eigenvalue weighted by atomic mass is 16.5. The molecule has 0 bridgehead atoms. The molecular weight excluding hydrogens is 116 g/mol. The van der Waals surface area contributed by atoms with Crippen LogP contribution in [0.25, 0.3) is 0 Å². The van der Waals surface area contributed by atoms with E-state index < -0.39 is 0 Å². The number of nitrogens with two attached hydrogens (primary N) is 2. The molecule has 0 fully saturated rings. The molecule has 0 rings (SSSR count). The Morgan fingerprint density at radius 2 is 1.44 bits per heavy atom. The van der Waals surface area contributed by atoms with Gasteiger partial charge < -0.3 is 16.2 Å². The van der Waals surface area contributed by atoms with Gasteiger partial charge in [-0.25, -0.2) is 0 Å². The Labute approximate surface area is 55.0 Å². The van der Waals surface area contributed by atoms with Crippen LogP contribution in [0.2, 0.25) is 0 Å². The molecule has 52 valence electrons. The summed E-state index contributed by atoms with van der Waals surface area (Å²) in [5.74, 6) is 0. The molecule has 0 atom stereocenters. The van der Waals surface area contributed by atoms with Gasteiger partial charge in [-0.1, -0.05) is 0 Å². The summed E-state index contributed by atoms with van der Waals surface area (Å²) in [6, 6.07) is 0. The molecule has 0 aliphatic carbocycles. The van der Waals surface area contributed by atoms with E-state index in [1.807, 2.05) is 0 Å². The molecule has 0 saturated carbocycles. The zero-order chi connectivity index (χ0) is 6.95. The van der Waals surface area contributed by atoms with Crippen LogP contribution in [0.5, 0.6) is 0 Å². The Hall–Kier alpha value is -0.960. The minimum absolute atomic E-state index is 0.542. The van der Waals surface area contributed by atoms with Gasteiger partial charge in [0.25, 0.3) is 0 Å². The van der Waals surface area contributed by atoms with Gasteiger partial charge in [0.1, 0.15) is 0 Å². The maximum atomic E-state index is 5.04. The fourth-order valence-electron chi connectivity index (χ4n) is 0.315. The van der Waals surface area contributed by atoms with Crippen LogP contribution < -0.4 is 11.5 Å². The molecule has 4 N–H and O–H groups in total. The lowest BCUT2D eigenvalue weighted by molar-refractivity contribution is 0.193. The quantitative estimate of drug-likeness (QED) is 0.522. The van der Waals surface area contributed by atoms with Crippen LogP contribution in [-0.2, 0) is 4.74 Å². The third kappa shape index (κ3) is 7.04. The van der Waals surface area contributed by atoms with Gasteiger partial charge in [-0.05, 0) is 24.6 Å². The van der Waals surface area contributed by atoms with Crippen molar-refractivity contribution < 1.29 is 4.74 Å². The maximum absolute atomic E-state index is 5.04. The molecule has 0 saturated heterocycles. The second-order valence-electron chi connectivity index (χ2n) is 1.39. The summed E-state index contributed by atoms with van der Waals surface area (Å²) in [6.07, 6.45) is 6.35. The Morgan fingerprint density at radius 1 is 1.00 bits per heavy atom. The minimum Gasteiger partial charge on any atom is -0.405 e. The first-order valence-electron chi connectivity index (χ1n) is 2.73. The van der Waals surface area contributed by atoms with Crippen LogP contribution in [0.1, 0.15) is 0 Å². The van der Waals surface area contributed by atoms with E-state index >= 15 is 0 Å². The molecule has 0 spiro atoms. The van der Waals surface area contributed by atoms with Crippen molar-refractivity contribution in [1.82, 2.24) is 0 Å². The predicted octanol–water partition coefficient (Wildman–Crippen LogP) is -0.0522. The van der Waals surface area contributed by atoms with Crippen LogP contribution in [0, 0.1) is 0 Å². The summed E-state index contributed by atoms with van der Waals surface area (Å²) < 4.78 is 4.98. The predicted molar refractivity (Wildman–Crippen MR) is 37.5 cm³/mol. The highest BCUT2D eigenvalue weighted by molar-refractivity contribution is 4.78. The fraction of sp³-hybridized carbons (Fsp3) is 0.333. The van der Waals surface area contributed by atoms with E-state index in [-0.39, 0.29) is 0 Å². The first-order chi connectivity index (χ1) is 4.41. The monoisotopic (exact) mass is 128 g/mol. The number of hydrogen-bond acceptors (Lipinski definition) is 3. The topological polar surface area (TPSA) is 61.3 Å². The Morgan fingerprint density at radius 3 is 1.78 bits per heavy atom. The number of ether oxygens (including phenoxy) is 1. The van der Waals surface area contributed by atoms with Gasteiger partial charge in [0, 0.05) is 0 Å². The van der Waals surface area contributed by atoms with Crippen LogP contribution >= 0.6 is 0 Å². The molecule has 0 amide bonds. The fourth-order valence-corrected chi connectivity index (χ4v) is 0.315. The summed E-state index contributed by atoms with van der Waals surface area (Å²) in [5, 5.41) is 0. The summed E-state index contributed by atoms with van der Waals surface area (Å²) in [6.45, 7) is 1.08. The zero-order valence-corrected chi connectivity index (χ0v) is 5.29. The van der Waals surface area contributed by atoms with E-state index in [1.54, 1.807) is 12.2 Å². The molecule has 9 heavy (non-hydrogen) atoms. The summed E-state index contributed by atoms with van der Waals surface area (Å²) in [5.41, 5.74) is 10.1. The molecule has 0 heterocycles. The molecule has 0 radical (unpaired) electrons. The average Bonchev–Trinajstić information content (AvgIpc) is 1.89. The van der Waals surface area contributed by atoms with Gasteiger partial charge in [-0.2, -0.15) is 0 Å². The van der Waals surface area contributed by atoms with E-state index in [1.165, 1.54) is 12.4 Å². The van der Waals surface area contributed by atoms with Gasteiger partial charge in [0.2, 0.25) is 0 Å². The number of rotatable bonds is 4. The average molecular weight is 128 g/mol. The van der Waals surface area contributed by atoms with Crippen molar-refractivity contribution in [2.75, 3.05) is 13.2 Å². The van der Waals surface area contributed by atoms with Crippen molar-refractivity contribution in [3.05, 3.63) is 24.6 Å². The molecule has 0 aliphatic rings. The first kappa shape index (κ1) is 8.04. The molecule has 3 heteroatoms. The third-order valence-electron chi connectivity index (χ3n) is 0.700. The first-order valence-corrected chi connectivity index (χ1v) is 2.73. The Bertz CT molecular complexity index is 87.2. The van der Waals surface area contributed by atoms with E-state index in [4.69, 9.17) is 16.2 Å². The standard InChI is InChI=1S/C6H12N2O/c7-3-1-5-9-6-2-4-8/h1-4H,5-8H2. The van der Waals surface area contributed by atoms with Gasteiger partial charge in [-0.3, -0.25) is 0 Å². The van der Waals surface area contributed by atoms with Gasteiger partial charge >= 0.3 is 0 Å². The van der Waals surface area contributed by atoms with E-state index in [2.05, 4.69) is 0 Å². The zero-order valence-electron chi connectivity index (χ0n) is 5.29. The molecule has 3 nitrogen and oxygen atoms in total. The molecule has 0 aromatic carbocycles. The summed E-state index contributed by atoms with van der Waals surface area (Å²) >= 11 is 0. The highest BCUT2D eigenvalue weighted by Crippen LogP contribution is 1.75. The van der Waals surface area contributed by atoms with Crippen LogP contribution in [0.4, 0.5) is 0 Å². The van der Waals surface area contributed by atoms with Crippen molar-refractivity contribution in [2.24, 2.45) is 11.5 Å². The summed E-state index contributed by atoms with van der Waals surface area (Å²) in [4.78, 5) is 0. The van der Waals surface area contributed by atoms with Crippen LogP contribution in [0.15, 0.2) is 24.6 Å². The Kier molecular flexibility index (Phi) is 6.29. The van der Waals surface area contributed by atoms with Crippen LogP contribution in [-0.4, -0.2) is 13.2 Å². The third-order valence-corrected chi connectivity index (χ3v) is 0.700. The van der Waals surface area contributed by atoms with Gasteiger partial charge in [-0.15, -0.1) is 0 Å². The minimum atomic E-state index is 0.542. The van der Waals surface area contributed by atoms with Gasteiger partial charge in [0.15, 0.2) is 0 Å². The van der Waals surface area contributed by atoms with Crippen molar-refractivity contribution in [2.45, 2.75) is 0 Å².